The number of aliphatic imine (C=N–C) groups is 1. The molecule has 1 fully saturated rings. The van der Waals surface area contributed by atoms with Crippen LogP contribution in [0.25, 0.3) is 6.08 Å². The molecule has 0 aliphatic carbocycles. The van der Waals surface area contributed by atoms with Gasteiger partial charge in [-0.15, -0.1) is 11.8 Å². The van der Waals surface area contributed by atoms with Gasteiger partial charge < -0.3 is 24.2 Å². The zero-order chi connectivity index (χ0) is 28.5. The molecule has 2 aliphatic rings. The van der Waals surface area contributed by atoms with E-state index in [2.05, 4.69) is 28.8 Å². The molecule has 0 spiro atoms. The van der Waals surface area contributed by atoms with Crippen LogP contribution in [0.4, 0.5) is 18.9 Å². The number of amides is 1. The molecule has 0 saturated carbocycles. The highest BCUT2D eigenvalue weighted by Crippen LogP contribution is 2.45. The van der Waals surface area contributed by atoms with E-state index in [4.69, 9.17) is 9.47 Å². The van der Waals surface area contributed by atoms with Crippen LogP contribution in [0.5, 0.6) is 0 Å². The van der Waals surface area contributed by atoms with Gasteiger partial charge in [0, 0.05) is 62.1 Å². The van der Waals surface area contributed by atoms with E-state index in [1.54, 1.807) is 24.1 Å². The maximum absolute atomic E-state index is 14.6. The third-order valence-corrected chi connectivity index (χ3v) is 8.11. The predicted octanol–water partition coefficient (Wildman–Crippen LogP) is 4.97. The normalized spacial score (nSPS) is 21.6. The van der Waals surface area contributed by atoms with Gasteiger partial charge in [-0.05, 0) is 43.7 Å². The van der Waals surface area contributed by atoms with Crippen LogP contribution >= 0.6 is 11.8 Å². The predicted molar refractivity (Wildman–Crippen MR) is 151 cm³/mol. The molecule has 2 atom stereocenters. The zero-order valence-electron chi connectivity index (χ0n) is 23.1. The number of hydrogen-bond donors (Lipinski definition) is 0. The molecule has 0 N–H and O–H groups in total. The lowest BCUT2D eigenvalue weighted by Gasteiger charge is -2.42. The Morgan fingerprint density at radius 3 is 2.69 bits per heavy atom. The molecule has 7 nitrogen and oxygen atoms in total. The number of hydrogen-bond acceptors (Lipinski definition) is 6. The number of rotatable bonds is 10. The Morgan fingerprint density at radius 1 is 1.31 bits per heavy atom. The van der Waals surface area contributed by atoms with Crippen LogP contribution in [0, 0.1) is 0 Å². The minimum atomic E-state index is -0.771. The fraction of sp³-hybridized carbons (Fsp3) is 0.500. The van der Waals surface area contributed by atoms with Crippen molar-refractivity contribution in [1.29, 1.82) is 0 Å². The second-order valence-electron chi connectivity index (χ2n) is 9.57. The lowest BCUT2D eigenvalue weighted by molar-refractivity contribution is -0.108. The van der Waals surface area contributed by atoms with Crippen LogP contribution in [0.2, 0.25) is 0 Å². The first-order valence-corrected chi connectivity index (χ1v) is 13.7. The van der Waals surface area contributed by atoms with Gasteiger partial charge in [-0.25, -0.2) is 13.2 Å². The summed E-state index contributed by atoms with van der Waals surface area (Å²) in [5.41, 5.74) is 2.39. The Bertz CT molecular complexity index is 1140. The molecule has 2 heterocycles. The largest absolute Gasteiger partial charge is 0.359 e. The van der Waals surface area contributed by atoms with Crippen molar-refractivity contribution in [2.45, 2.75) is 37.5 Å². The molecule has 0 unspecified atom stereocenters. The number of carbonyl (C=O) groups excluding carboxylic acids is 1. The summed E-state index contributed by atoms with van der Waals surface area (Å²) >= 11 is 1.49. The van der Waals surface area contributed by atoms with Crippen molar-refractivity contribution in [2.24, 2.45) is 4.99 Å². The molecule has 1 aromatic rings. The second-order valence-corrected chi connectivity index (χ2v) is 10.6. The standard InChI is InChI=1S/C28H37F3N4O3S/c1-19(25(31)8-9-29)6-7-23-21(13-30)12-24(28(32-3)34-11-10-33(4)14-20(34)2)26-27(23)39-16-22(35(26)17-36)15-38-18-37-5/h6-9,12,17,20,22H,10-11,13-16,18H2,1-5H3/b7-6+,9-8+,25-19+,32-28?/t20-,22-/m0/s1. The van der Waals surface area contributed by atoms with E-state index in [0.29, 0.717) is 38.9 Å². The molecular formula is C28H37F3N4O3S. The highest BCUT2D eigenvalue weighted by atomic mass is 32.2. The average molecular weight is 567 g/mol. The fourth-order valence-corrected chi connectivity index (χ4v) is 6.21. The summed E-state index contributed by atoms with van der Waals surface area (Å²) in [6.45, 7) is 5.59. The first kappa shape index (κ1) is 30.9. The first-order chi connectivity index (χ1) is 18.8. The Morgan fingerprint density at radius 2 is 2.08 bits per heavy atom. The summed E-state index contributed by atoms with van der Waals surface area (Å²) in [6.07, 6.45) is 4.73. The van der Waals surface area contributed by atoms with Crippen LogP contribution in [0.15, 0.2) is 45.8 Å². The first-order valence-electron chi connectivity index (χ1n) is 12.7. The van der Waals surface area contributed by atoms with E-state index in [1.807, 2.05) is 0 Å². The molecule has 1 amide bonds. The number of fused-ring (bicyclic) bond motifs is 1. The van der Waals surface area contributed by atoms with Gasteiger partial charge in [0.15, 0.2) is 0 Å². The number of piperazine rings is 1. The number of thioether (sulfide) groups is 1. The molecule has 39 heavy (non-hydrogen) atoms. The van der Waals surface area contributed by atoms with Crippen LogP contribution < -0.4 is 4.90 Å². The van der Waals surface area contributed by atoms with Gasteiger partial charge in [0.05, 0.1) is 24.7 Å². The summed E-state index contributed by atoms with van der Waals surface area (Å²) in [5, 5.41) is 0. The third-order valence-electron chi connectivity index (χ3n) is 6.86. The minimum absolute atomic E-state index is 0.0906. The highest BCUT2D eigenvalue weighted by molar-refractivity contribution is 7.99. The van der Waals surface area contributed by atoms with Gasteiger partial charge in [0.25, 0.3) is 0 Å². The van der Waals surface area contributed by atoms with Gasteiger partial charge in [-0.2, -0.15) is 0 Å². The molecule has 1 saturated heterocycles. The van der Waals surface area contributed by atoms with Gasteiger partial charge in [-0.3, -0.25) is 9.79 Å². The van der Waals surface area contributed by atoms with E-state index in [-0.39, 0.29) is 37.4 Å². The van der Waals surface area contributed by atoms with E-state index in [0.717, 1.165) is 32.1 Å². The Hall–Kier alpha value is -2.60. The number of carbonyl (C=O) groups is 1. The van der Waals surface area contributed by atoms with Crippen molar-refractivity contribution in [3.63, 3.8) is 0 Å². The number of benzene rings is 1. The number of allylic oxidation sites excluding steroid dienone is 4. The van der Waals surface area contributed by atoms with Crippen molar-refractivity contribution >= 4 is 35.8 Å². The lowest BCUT2D eigenvalue weighted by atomic mass is 9.97. The van der Waals surface area contributed by atoms with Gasteiger partial charge >= 0.3 is 0 Å². The quantitative estimate of drug-likeness (QED) is 0.0996. The van der Waals surface area contributed by atoms with Crippen LogP contribution in [0.3, 0.4) is 0 Å². The van der Waals surface area contributed by atoms with Crippen molar-refractivity contribution in [1.82, 2.24) is 9.80 Å². The number of amidine groups is 1. The smallest absolute Gasteiger partial charge is 0.214 e. The number of methoxy groups -OCH3 is 1. The maximum Gasteiger partial charge on any atom is 0.214 e. The fourth-order valence-electron chi connectivity index (χ4n) is 4.89. The van der Waals surface area contributed by atoms with Crippen molar-refractivity contribution in [2.75, 3.05) is 64.9 Å². The second kappa shape index (κ2) is 14.7. The van der Waals surface area contributed by atoms with E-state index in [1.165, 1.54) is 31.9 Å². The maximum atomic E-state index is 14.6. The van der Waals surface area contributed by atoms with Crippen LogP contribution in [-0.4, -0.2) is 94.1 Å². The van der Waals surface area contributed by atoms with E-state index in [9.17, 15) is 18.0 Å². The molecular weight excluding hydrogens is 529 g/mol. The molecule has 3 rings (SSSR count). The third kappa shape index (κ3) is 7.13. The van der Waals surface area contributed by atoms with Gasteiger partial charge in [0.1, 0.15) is 25.1 Å². The lowest BCUT2D eigenvalue weighted by Crippen LogP contribution is -2.53. The number of halogens is 3. The minimum Gasteiger partial charge on any atom is -0.359 e. The van der Waals surface area contributed by atoms with E-state index < -0.39 is 12.5 Å². The molecule has 0 aromatic heterocycles. The van der Waals surface area contributed by atoms with E-state index >= 15 is 0 Å². The van der Waals surface area contributed by atoms with Gasteiger partial charge in [0.2, 0.25) is 6.41 Å². The highest BCUT2D eigenvalue weighted by Gasteiger charge is 2.35. The molecule has 2 aliphatic heterocycles. The Labute approximate surface area is 233 Å². The molecule has 214 valence electrons. The number of anilines is 1. The topological polar surface area (TPSA) is 57.6 Å². The monoisotopic (exact) mass is 566 g/mol. The summed E-state index contributed by atoms with van der Waals surface area (Å²) in [4.78, 5) is 24.0. The number of alkyl halides is 1. The Balaban J connectivity index is 2.22. The molecule has 11 heteroatoms. The summed E-state index contributed by atoms with van der Waals surface area (Å²) in [6, 6.07) is 1.59. The number of likely N-dealkylation sites (N-methyl/N-ethyl adjacent to an activating group) is 1. The molecule has 0 bridgehead atoms. The van der Waals surface area contributed by atoms with Crippen LogP contribution in [0.1, 0.15) is 30.5 Å². The van der Waals surface area contributed by atoms with Gasteiger partial charge in [-0.1, -0.05) is 12.2 Å². The average Bonchev–Trinajstić information content (AvgIpc) is 2.93. The summed E-state index contributed by atoms with van der Waals surface area (Å²) in [5.74, 6) is 0.448. The number of nitrogens with zero attached hydrogens (tertiary/aromatic N) is 4. The summed E-state index contributed by atoms with van der Waals surface area (Å²) in [7, 11) is 5.30. The van der Waals surface area contributed by atoms with Crippen LogP contribution in [-0.2, 0) is 20.9 Å². The SMILES string of the molecule is CN=C(c1cc(CF)c(/C=C/C(C)=C(F)\C=C\F)c2c1N(C=O)[C@@H](COCOC)CS2)N1CCN(C)C[C@@H]1C. The summed E-state index contributed by atoms with van der Waals surface area (Å²) < 4.78 is 51.8. The Kier molecular flexibility index (Phi) is 11.7. The zero-order valence-corrected chi connectivity index (χ0v) is 23.9. The van der Waals surface area contributed by atoms with Crippen molar-refractivity contribution < 1.29 is 27.4 Å². The molecule has 0 radical (unpaired) electrons. The molecule has 1 aromatic carbocycles. The number of ether oxygens (including phenoxy) is 2. The van der Waals surface area contributed by atoms with Crippen molar-refractivity contribution in [3.05, 3.63) is 52.6 Å². The van der Waals surface area contributed by atoms with Crippen molar-refractivity contribution in [3.8, 4) is 0 Å².